The number of para-hydroxylation sites is 2. The lowest BCUT2D eigenvalue weighted by Gasteiger charge is -2.20. The molecule has 0 fully saturated rings. The van der Waals surface area contributed by atoms with E-state index in [9.17, 15) is 20.0 Å². The second kappa shape index (κ2) is 10.7. The second-order valence-corrected chi connectivity index (χ2v) is 7.53. The van der Waals surface area contributed by atoms with E-state index in [1.54, 1.807) is 25.9 Å². The smallest absolute Gasteiger partial charge is 0.334 e. The molecule has 0 aliphatic carbocycles. The summed E-state index contributed by atoms with van der Waals surface area (Å²) in [5.41, 5.74) is 1.44. The van der Waals surface area contributed by atoms with Gasteiger partial charge in [-0.25, -0.2) is 14.4 Å². The van der Waals surface area contributed by atoms with Gasteiger partial charge in [0.05, 0.1) is 35.4 Å². The molecule has 0 atom stereocenters. The number of aliphatic imine (C=N–C) groups is 2. The van der Waals surface area contributed by atoms with Crippen molar-refractivity contribution in [3.05, 3.63) is 69.8 Å². The highest BCUT2D eigenvalue weighted by molar-refractivity contribution is 6.05. The van der Waals surface area contributed by atoms with Gasteiger partial charge in [0, 0.05) is 39.0 Å². The van der Waals surface area contributed by atoms with Gasteiger partial charge in [0.15, 0.2) is 0 Å². The van der Waals surface area contributed by atoms with Crippen molar-refractivity contribution < 1.29 is 14.8 Å². The van der Waals surface area contributed by atoms with Crippen molar-refractivity contribution in [1.29, 1.82) is 0 Å². The Morgan fingerprint density at radius 1 is 1.34 bits per heavy atom. The maximum atomic E-state index is 12.8. The quantitative estimate of drug-likeness (QED) is 0.229. The van der Waals surface area contributed by atoms with Gasteiger partial charge in [0.25, 0.3) is 5.69 Å². The minimum absolute atomic E-state index is 0.0430. The molecule has 0 amide bonds. The van der Waals surface area contributed by atoms with Gasteiger partial charge in [-0.3, -0.25) is 14.7 Å². The molecule has 0 radical (unpaired) electrons. The summed E-state index contributed by atoms with van der Waals surface area (Å²) in [6, 6.07) is 10.1. The van der Waals surface area contributed by atoms with Crippen molar-refractivity contribution >= 4 is 39.9 Å². The van der Waals surface area contributed by atoms with Crippen LogP contribution in [0.15, 0.2) is 64.0 Å². The molecule has 0 aliphatic rings. The number of imidazole rings is 1. The molecule has 2 aromatic carbocycles. The third-order valence-corrected chi connectivity index (χ3v) is 5.35. The van der Waals surface area contributed by atoms with E-state index in [-0.39, 0.29) is 41.9 Å². The normalized spacial score (nSPS) is 12.0. The van der Waals surface area contributed by atoms with Crippen LogP contribution in [-0.4, -0.2) is 58.3 Å². The highest BCUT2D eigenvalue weighted by atomic mass is 16.6. The van der Waals surface area contributed by atoms with Gasteiger partial charge < -0.3 is 20.1 Å². The van der Waals surface area contributed by atoms with Gasteiger partial charge in [-0.2, -0.15) is 4.99 Å². The number of nitro benzene ring substituents is 1. The SMILES string of the molecule is C=CN=C(N=C(C)n1c(=O)n(C)c2ccccc21)Nc1cc([N+](=O)[O-])c(N(C)CCO)cc1OC. The standard InChI is InChI=1S/C23H27N7O5/c1-6-24-22(25-15(2)29-18-10-8-7-9-17(18)28(4)23(29)32)26-16-13-20(30(33)34)19(14-21(16)35-5)27(3)11-12-31/h6-10,13-14,31H,1,11-12H2,2-5H3,(H,24,26). The first kappa shape index (κ1) is 25.2. The lowest BCUT2D eigenvalue weighted by molar-refractivity contribution is -0.384. The zero-order valence-corrected chi connectivity index (χ0v) is 19.9. The number of likely N-dealkylation sites (N-methyl/N-ethyl adjacent to an activating group) is 1. The number of nitro groups is 1. The number of aromatic nitrogens is 2. The molecule has 2 N–H and O–H groups in total. The Labute approximate surface area is 201 Å². The Bertz CT molecular complexity index is 1390. The van der Waals surface area contributed by atoms with Crippen molar-refractivity contribution in [1.82, 2.24) is 9.13 Å². The highest BCUT2D eigenvalue weighted by Gasteiger charge is 2.22. The first-order chi connectivity index (χ1) is 16.7. The molecule has 1 aromatic heterocycles. The molecular formula is C23H27N7O5. The van der Waals surface area contributed by atoms with E-state index in [2.05, 4.69) is 21.9 Å². The van der Waals surface area contributed by atoms with Crippen molar-refractivity contribution in [3.8, 4) is 5.75 Å². The summed E-state index contributed by atoms with van der Waals surface area (Å²) >= 11 is 0. The van der Waals surface area contributed by atoms with Gasteiger partial charge in [-0.05, 0) is 19.1 Å². The van der Waals surface area contributed by atoms with Crippen molar-refractivity contribution in [2.75, 3.05) is 37.5 Å². The number of nitrogens with one attached hydrogen (secondary N) is 1. The summed E-state index contributed by atoms with van der Waals surface area (Å²) in [7, 11) is 4.73. The van der Waals surface area contributed by atoms with Crippen molar-refractivity contribution in [2.45, 2.75) is 6.92 Å². The van der Waals surface area contributed by atoms with Crippen LogP contribution in [-0.2, 0) is 7.05 Å². The zero-order chi connectivity index (χ0) is 25.7. The molecule has 0 saturated heterocycles. The molecule has 184 valence electrons. The number of rotatable bonds is 7. The summed E-state index contributed by atoms with van der Waals surface area (Å²) < 4.78 is 8.40. The molecule has 12 heteroatoms. The number of anilines is 2. The second-order valence-electron chi connectivity index (χ2n) is 7.53. The molecule has 35 heavy (non-hydrogen) atoms. The van der Waals surface area contributed by atoms with Gasteiger partial charge in [0.2, 0.25) is 5.96 Å². The van der Waals surface area contributed by atoms with E-state index in [4.69, 9.17) is 4.74 Å². The summed E-state index contributed by atoms with van der Waals surface area (Å²) in [6.45, 7) is 5.28. The van der Waals surface area contributed by atoms with Gasteiger partial charge in [-0.15, -0.1) is 0 Å². The molecule has 1 heterocycles. The molecule has 0 spiro atoms. The number of aryl methyl sites for hydroxylation is 1. The van der Waals surface area contributed by atoms with E-state index in [0.29, 0.717) is 17.1 Å². The van der Waals surface area contributed by atoms with E-state index in [0.717, 1.165) is 5.52 Å². The number of benzene rings is 2. The first-order valence-corrected chi connectivity index (χ1v) is 10.6. The number of ether oxygens (including phenoxy) is 1. The maximum Gasteiger partial charge on any atom is 0.334 e. The fraction of sp³-hybridized carbons (Fsp3) is 0.261. The highest BCUT2D eigenvalue weighted by Crippen LogP contribution is 2.38. The van der Waals surface area contributed by atoms with E-state index < -0.39 is 4.92 Å². The average Bonchev–Trinajstić information content (AvgIpc) is 3.09. The number of aliphatic hydroxyl groups is 1. The Kier molecular flexibility index (Phi) is 7.66. The molecule has 3 aromatic rings. The molecule has 0 unspecified atom stereocenters. The average molecular weight is 482 g/mol. The van der Waals surface area contributed by atoms with Crippen molar-refractivity contribution in [3.63, 3.8) is 0 Å². The summed E-state index contributed by atoms with van der Waals surface area (Å²) in [5, 5.41) is 23.9. The van der Waals surface area contributed by atoms with Crippen LogP contribution in [0.1, 0.15) is 6.92 Å². The number of nitrogens with zero attached hydrogens (tertiary/aromatic N) is 6. The fourth-order valence-electron chi connectivity index (χ4n) is 3.65. The van der Waals surface area contributed by atoms with Crippen LogP contribution in [0.4, 0.5) is 17.1 Å². The minimum Gasteiger partial charge on any atom is -0.494 e. The summed E-state index contributed by atoms with van der Waals surface area (Å²) in [6.07, 6.45) is 1.26. The van der Waals surface area contributed by atoms with Crippen LogP contribution in [0.5, 0.6) is 5.75 Å². The van der Waals surface area contributed by atoms with Crippen LogP contribution in [0.3, 0.4) is 0 Å². The predicted molar refractivity (Wildman–Crippen MR) is 137 cm³/mol. The molecular weight excluding hydrogens is 454 g/mol. The molecule has 0 aliphatic heterocycles. The molecule has 3 rings (SSSR count). The van der Waals surface area contributed by atoms with Crippen LogP contribution in [0.25, 0.3) is 11.0 Å². The van der Waals surface area contributed by atoms with Crippen LogP contribution < -0.4 is 20.6 Å². The number of aliphatic hydroxyl groups excluding tert-OH is 1. The topological polar surface area (TPSA) is 140 Å². The van der Waals surface area contributed by atoms with E-state index >= 15 is 0 Å². The monoisotopic (exact) mass is 481 g/mol. The van der Waals surface area contributed by atoms with Gasteiger partial charge in [0.1, 0.15) is 17.3 Å². The fourth-order valence-corrected chi connectivity index (χ4v) is 3.65. The number of hydrogen-bond acceptors (Lipinski definition) is 7. The number of hydrogen-bond donors (Lipinski definition) is 2. The first-order valence-electron chi connectivity index (χ1n) is 10.6. The summed E-state index contributed by atoms with van der Waals surface area (Å²) in [5.74, 6) is 0.663. The number of methoxy groups -OCH3 is 1. The Balaban J connectivity index is 2.08. The molecule has 12 nitrogen and oxygen atoms in total. The Hall–Kier alpha value is -4.45. The molecule has 0 bridgehead atoms. The van der Waals surface area contributed by atoms with E-state index in [1.807, 2.05) is 24.3 Å². The molecule has 0 saturated carbocycles. The Morgan fingerprint density at radius 3 is 2.63 bits per heavy atom. The minimum atomic E-state index is -0.525. The Morgan fingerprint density at radius 2 is 2.03 bits per heavy atom. The third kappa shape index (κ3) is 5.06. The largest absolute Gasteiger partial charge is 0.494 e. The predicted octanol–water partition coefficient (Wildman–Crippen LogP) is 2.56. The van der Waals surface area contributed by atoms with Gasteiger partial charge >= 0.3 is 5.69 Å². The van der Waals surface area contributed by atoms with Crippen LogP contribution in [0.2, 0.25) is 0 Å². The van der Waals surface area contributed by atoms with Crippen LogP contribution >= 0.6 is 0 Å². The number of fused-ring (bicyclic) bond motifs is 1. The summed E-state index contributed by atoms with van der Waals surface area (Å²) in [4.78, 5) is 34.2. The maximum absolute atomic E-state index is 12.8. The lowest BCUT2D eigenvalue weighted by atomic mass is 10.2. The van der Waals surface area contributed by atoms with Crippen molar-refractivity contribution in [2.24, 2.45) is 17.0 Å². The van der Waals surface area contributed by atoms with Crippen LogP contribution in [0, 0.1) is 10.1 Å². The zero-order valence-electron chi connectivity index (χ0n) is 19.9. The van der Waals surface area contributed by atoms with E-state index in [1.165, 1.54) is 34.6 Å². The third-order valence-electron chi connectivity index (χ3n) is 5.35. The lowest BCUT2D eigenvalue weighted by Crippen LogP contribution is -2.28. The van der Waals surface area contributed by atoms with Gasteiger partial charge in [-0.1, -0.05) is 18.7 Å². The number of guanidine groups is 1.